The molecule has 0 spiro atoms. The standard InChI is InChI=1S/C23H19N3O3S/c24-16-17-8-10-18(11-9-17)23(27)25-20-12-13-22-19(15-20)5-4-14-26(22)30(28,29)21-6-2-1-3-7-21/h1-3,6-13,15H,4-5,14H2,(H,25,27). The van der Waals surface area contributed by atoms with Crippen molar-refractivity contribution in [1.82, 2.24) is 0 Å². The number of nitrogens with zero attached hydrogens (tertiary/aromatic N) is 2. The highest BCUT2D eigenvalue weighted by atomic mass is 32.2. The number of benzene rings is 3. The highest BCUT2D eigenvalue weighted by molar-refractivity contribution is 7.92. The first-order chi connectivity index (χ1) is 14.5. The van der Waals surface area contributed by atoms with E-state index in [1.165, 1.54) is 4.31 Å². The van der Waals surface area contributed by atoms with Crippen LogP contribution in [0.5, 0.6) is 0 Å². The van der Waals surface area contributed by atoms with Crippen molar-refractivity contribution in [3.8, 4) is 6.07 Å². The van der Waals surface area contributed by atoms with E-state index in [1.54, 1.807) is 66.7 Å². The van der Waals surface area contributed by atoms with Gasteiger partial charge in [-0.15, -0.1) is 0 Å². The number of rotatable bonds is 4. The van der Waals surface area contributed by atoms with Crippen LogP contribution in [0.4, 0.5) is 11.4 Å². The molecular formula is C23H19N3O3S. The van der Waals surface area contributed by atoms with Crippen LogP contribution in [0.25, 0.3) is 0 Å². The van der Waals surface area contributed by atoms with E-state index < -0.39 is 10.0 Å². The molecule has 0 radical (unpaired) electrons. The third kappa shape index (κ3) is 3.78. The van der Waals surface area contributed by atoms with Crippen LogP contribution in [0, 0.1) is 11.3 Å². The van der Waals surface area contributed by atoms with Crippen LogP contribution < -0.4 is 9.62 Å². The summed E-state index contributed by atoms with van der Waals surface area (Å²) in [6, 6.07) is 22.1. The quantitative estimate of drug-likeness (QED) is 0.696. The van der Waals surface area contributed by atoms with Crippen LogP contribution in [0.2, 0.25) is 0 Å². The Morgan fingerprint density at radius 2 is 1.73 bits per heavy atom. The van der Waals surface area contributed by atoms with Gasteiger partial charge in [0.15, 0.2) is 0 Å². The van der Waals surface area contributed by atoms with Crippen LogP contribution in [0.15, 0.2) is 77.7 Å². The number of aryl methyl sites for hydroxylation is 1. The van der Waals surface area contributed by atoms with Gasteiger partial charge in [-0.25, -0.2) is 8.42 Å². The van der Waals surface area contributed by atoms with Gasteiger partial charge in [-0.2, -0.15) is 5.26 Å². The monoisotopic (exact) mass is 417 g/mol. The molecule has 1 amide bonds. The number of anilines is 2. The fraction of sp³-hybridized carbons (Fsp3) is 0.130. The van der Waals surface area contributed by atoms with Crippen molar-refractivity contribution in [1.29, 1.82) is 5.26 Å². The number of nitriles is 1. The molecular weight excluding hydrogens is 398 g/mol. The summed E-state index contributed by atoms with van der Waals surface area (Å²) >= 11 is 0. The molecule has 0 saturated heterocycles. The van der Waals surface area contributed by atoms with E-state index in [2.05, 4.69) is 5.32 Å². The summed E-state index contributed by atoms with van der Waals surface area (Å²) in [5, 5.41) is 11.7. The van der Waals surface area contributed by atoms with Crippen molar-refractivity contribution < 1.29 is 13.2 Å². The molecule has 0 bridgehead atoms. The number of carbonyl (C=O) groups excluding carboxylic acids is 1. The lowest BCUT2D eigenvalue weighted by Gasteiger charge is -2.30. The normalized spacial score (nSPS) is 13.2. The SMILES string of the molecule is N#Cc1ccc(C(=O)Nc2ccc3c(c2)CCCN3S(=O)(=O)c2ccccc2)cc1. The van der Waals surface area contributed by atoms with Crippen LogP contribution in [-0.4, -0.2) is 20.9 Å². The maximum Gasteiger partial charge on any atom is 0.264 e. The average molecular weight is 417 g/mol. The minimum Gasteiger partial charge on any atom is -0.322 e. The molecule has 7 heteroatoms. The van der Waals surface area contributed by atoms with Gasteiger partial charge in [-0.1, -0.05) is 18.2 Å². The molecule has 1 aliphatic heterocycles. The Bertz CT molecular complexity index is 1230. The number of hydrogen-bond donors (Lipinski definition) is 1. The average Bonchev–Trinajstić information content (AvgIpc) is 2.79. The Hall–Kier alpha value is -3.63. The molecule has 1 heterocycles. The third-order valence-corrected chi connectivity index (χ3v) is 6.85. The van der Waals surface area contributed by atoms with Crippen molar-refractivity contribution in [2.24, 2.45) is 0 Å². The molecule has 3 aromatic rings. The van der Waals surface area contributed by atoms with Crippen LogP contribution >= 0.6 is 0 Å². The largest absolute Gasteiger partial charge is 0.322 e. The molecule has 1 N–H and O–H groups in total. The molecule has 30 heavy (non-hydrogen) atoms. The highest BCUT2D eigenvalue weighted by Gasteiger charge is 2.29. The van der Waals surface area contributed by atoms with Gasteiger partial charge < -0.3 is 5.32 Å². The first-order valence-corrected chi connectivity index (χ1v) is 11.0. The summed E-state index contributed by atoms with van der Waals surface area (Å²) < 4.78 is 27.6. The maximum absolute atomic E-state index is 13.1. The minimum absolute atomic E-state index is 0.260. The predicted molar refractivity (Wildman–Crippen MR) is 115 cm³/mol. The first kappa shape index (κ1) is 19.7. The van der Waals surface area contributed by atoms with E-state index in [1.807, 2.05) is 12.1 Å². The van der Waals surface area contributed by atoms with E-state index in [0.29, 0.717) is 35.5 Å². The van der Waals surface area contributed by atoms with Crippen molar-refractivity contribution in [2.45, 2.75) is 17.7 Å². The minimum atomic E-state index is -3.64. The maximum atomic E-state index is 13.1. The van der Waals surface area contributed by atoms with Gasteiger partial charge in [0.1, 0.15) is 0 Å². The highest BCUT2D eigenvalue weighted by Crippen LogP contribution is 2.33. The third-order valence-electron chi connectivity index (χ3n) is 5.02. The van der Waals surface area contributed by atoms with Crippen molar-refractivity contribution in [3.63, 3.8) is 0 Å². The fourth-order valence-electron chi connectivity index (χ4n) is 3.51. The molecule has 6 nitrogen and oxygen atoms in total. The lowest BCUT2D eigenvalue weighted by Crippen LogP contribution is -2.35. The van der Waals surface area contributed by atoms with E-state index in [9.17, 15) is 13.2 Å². The van der Waals surface area contributed by atoms with E-state index in [0.717, 1.165) is 12.0 Å². The predicted octanol–water partition coefficient (Wildman–Crippen LogP) is 3.95. The van der Waals surface area contributed by atoms with Gasteiger partial charge in [0.25, 0.3) is 15.9 Å². The van der Waals surface area contributed by atoms with Crippen molar-refractivity contribution >= 4 is 27.3 Å². The zero-order valence-corrected chi connectivity index (χ0v) is 16.9. The molecule has 4 rings (SSSR count). The summed E-state index contributed by atoms with van der Waals surface area (Å²) in [6.45, 7) is 0.418. The lowest BCUT2D eigenvalue weighted by atomic mass is 10.0. The summed E-state index contributed by atoms with van der Waals surface area (Å²) in [6.07, 6.45) is 1.43. The number of sulfonamides is 1. The second-order valence-electron chi connectivity index (χ2n) is 6.98. The lowest BCUT2D eigenvalue weighted by molar-refractivity contribution is 0.102. The van der Waals surface area contributed by atoms with Gasteiger partial charge in [0, 0.05) is 17.8 Å². The summed E-state index contributed by atoms with van der Waals surface area (Å²) in [7, 11) is -3.64. The number of carbonyl (C=O) groups is 1. The molecule has 0 aromatic heterocycles. The Morgan fingerprint density at radius 3 is 2.43 bits per heavy atom. The van der Waals surface area contributed by atoms with E-state index in [4.69, 9.17) is 5.26 Å². The van der Waals surface area contributed by atoms with Gasteiger partial charge >= 0.3 is 0 Å². The number of amides is 1. The van der Waals surface area contributed by atoms with Crippen LogP contribution in [0.3, 0.4) is 0 Å². The van der Waals surface area contributed by atoms with Gasteiger partial charge in [0.2, 0.25) is 0 Å². The van der Waals surface area contributed by atoms with Crippen molar-refractivity contribution in [2.75, 3.05) is 16.2 Å². The number of fused-ring (bicyclic) bond motifs is 1. The van der Waals surface area contributed by atoms with Gasteiger partial charge in [-0.05, 0) is 73.0 Å². The molecule has 0 atom stereocenters. The second kappa shape index (κ2) is 8.01. The smallest absolute Gasteiger partial charge is 0.264 e. The molecule has 150 valence electrons. The first-order valence-electron chi connectivity index (χ1n) is 9.51. The fourth-order valence-corrected chi connectivity index (χ4v) is 5.07. The van der Waals surface area contributed by atoms with Crippen LogP contribution in [0.1, 0.15) is 27.9 Å². The Morgan fingerprint density at radius 1 is 1.00 bits per heavy atom. The summed E-state index contributed by atoms with van der Waals surface area (Å²) in [5.41, 5.74) is 3.04. The van der Waals surface area contributed by atoms with Crippen LogP contribution in [-0.2, 0) is 16.4 Å². The number of nitrogens with one attached hydrogen (secondary N) is 1. The molecule has 3 aromatic carbocycles. The van der Waals surface area contributed by atoms with Gasteiger partial charge in [-0.3, -0.25) is 9.10 Å². The summed E-state index contributed by atoms with van der Waals surface area (Å²) in [5.74, 6) is -0.288. The Kier molecular flexibility index (Phi) is 5.25. The Labute approximate surface area is 175 Å². The van der Waals surface area contributed by atoms with Crippen molar-refractivity contribution in [3.05, 3.63) is 89.5 Å². The molecule has 0 saturated carbocycles. The molecule has 0 unspecified atom stereocenters. The second-order valence-corrected chi connectivity index (χ2v) is 8.84. The topological polar surface area (TPSA) is 90.3 Å². The molecule has 0 aliphatic carbocycles. The molecule has 1 aliphatic rings. The number of hydrogen-bond acceptors (Lipinski definition) is 4. The van der Waals surface area contributed by atoms with E-state index in [-0.39, 0.29) is 10.8 Å². The molecule has 0 fully saturated rings. The van der Waals surface area contributed by atoms with Gasteiger partial charge in [0.05, 0.1) is 22.2 Å². The van der Waals surface area contributed by atoms with E-state index >= 15 is 0 Å². The zero-order chi connectivity index (χ0) is 21.1. The Balaban J connectivity index is 1.59. The zero-order valence-electron chi connectivity index (χ0n) is 16.1. The summed E-state index contributed by atoms with van der Waals surface area (Å²) in [4.78, 5) is 12.8.